The molecule has 5 N–H and O–H groups in total. The average Bonchev–Trinajstić information content (AvgIpc) is 2.80. The predicted molar refractivity (Wildman–Crippen MR) is 146 cm³/mol. The molecule has 8 nitrogen and oxygen atoms in total. The van der Waals surface area contributed by atoms with Crippen LogP contribution in [0, 0.1) is 11.8 Å². The minimum Gasteiger partial charge on any atom is -0.495 e. The molecule has 0 saturated heterocycles. The molecule has 200 valence electrons. The molecular formula is C27H41N3O5S. The Kier molecular flexibility index (Phi) is 11.0. The minimum absolute atomic E-state index is 0.185. The molecule has 1 unspecified atom stereocenters. The van der Waals surface area contributed by atoms with E-state index in [4.69, 9.17) is 10.5 Å². The summed E-state index contributed by atoms with van der Waals surface area (Å²) >= 11 is 0. The molecule has 0 aliphatic heterocycles. The van der Waals surface area contributed by atoms with Gasteiger partial charge in [0.2, 0.25) is 15.9 Å². The van der Waals surface area contributed by atoms with Crippen molar-refractivity contribution in [2.24, 2.45) is 11.8 Å². The Morgan fingerprint density at radius 3 is 2.36 bits per heavy atom. The Balaban J connectivity index is 2.25. The van der Waals surface area contributed by atoms with Crippen LogP contribution in [0.25, 0.3) is 0 Å². The van der Waals surface area contributed by atoms with Crippen LogP contribution in [-0.2, 0) is 27.7 Å². The summed E-state index contributed by atoms with van der Waals surface area (Å²) in [6.07, 6.45) is 0.745. The molecule has 2 rings (SSSR count). The van der Waals surface area contributed by atoms with E-state index in [9.17, 15) is 18.3 Å². The standard InChI is InChI=1S/C27H41N3O5S/c1-6-19(4)13-27(32)29-24(14-20-10-8-7-9-11-20)25(31)17-36(33,34)30-23-16-22(28)26(35-5)15-21(23)12-18(2)3/h7-11,15-16,18-19,24-25,30-31H,6,12-14,17,28H2,1-5H3,(H,29,32)/t19?,24-,25-/m0/s1. The van der Waals surface area contributed by atoms with Gasteiger partial charge in [0.25, 0.3) is 0 Å². The number of nitrogens with one attached hydrogen (secondary N) is 2. The summed E-state index contributed by atoms with van der Waals surface area (Å²) in [7, 11) is -2.47. The Labute approximate surface area is 215 Å². The van der Waals surface area contributed by atoms with Gasteiger partial charge in [0.15, 0.2) is 0 Å². The zero-order valence-corrected chi connectivity index (χ0v) is 22.8. The number of aliphatic hydroxyl groups excluding tert-OH is 1. The van der Waals surface area contributed by atoms with E-state index in [2.05, 4.69) is 10.0 Å². The number of carbonyl (C=O) groups is 1. The summed E-state index contributed by atoms with van der Waals surface area (Å²) in [6, 6.07) is 11.9. The molecule has 0 spiro atoms. The Bertz CT molecular complexity index is 1090. The summed E-state index contributed by atoms with van der Waals surface area (Å²) in [4.78, 5) is 12.6. The third kappa shape index (κ3) is 9.35. The second-order valence-corrected chi connectivity index (χ2v) is 11.6. The third-order valence-corrected chi connectivity index (χ3v) is 7.39. The zero-order chi connectivity index (χ0) is 26.9. The van der Waals surface area contributed by atoms with Gasteiger partial charge in [-0.2, -0.15) is 0 Å². The number of nitrogen functional groups attached to an aromatic ring is 1. The fourth-order valence-electron chi connectivity index (χ4n) is 3.95. The van der Waals surface area contributed by atoms with Gasteiger partial charge in [0.05, 0.1) is 36.4 Å². The molecule has 0 heterocycles. The zero-order valence-electron chi connectivity index (χ0n) is 22.0. The number of benzene rings is 2. The number of hydrogen-bond donors (Lipinski definition) is 4. The normalized spacial score (nSPS) is 14.2. The average molecular weight is 520 g/mol. The highest BCUT2D eigenvalue weighted by Crippen LogP contribution is 2.31. The third-order valence-electron chi connectivity index (χ3n) is 6.08. The van der Waals surface area contributed by atoms with E-state index in [1.807, 2.05) is 58.0 Å². The lowest BCUT2D eigenvalue weighted by atomic mass is 10.0. The molecule has 9 heteroatoms. The van der Waals surface area contributed by atoms with E-state index < -0.39 is 27.9 Å². The largest absolute Gasteiger partial charge is 0.495 e. The highest BCUT2D eigenvalue weighted by Gasteiger charge is 2.28. The lowest BCUT2D eigenvalue weighted by molar-refractivity contribution is -0.123. The maximum Gasteiger partial charge on any atom is 0.235 e. The van der Waals surface area contributed by atoms with Crippen molar-refractivity contribution in [1.29, 1.82) is 0 Å². The predicted octanol–water partition coefficient (Wildman–Crippen LogP) is 3.74. The smallest absolute Gasteiger partial charge is 0.235 e. The van der Waals surface area contributed by atoms with E-state index in [1.54, 1.807) is 6.07 Å². The van der Waals surface area contributed by atoms with E-state index in [1.165, 1.54) is 13.2 Å². The minimum atomic E-state index is -3.98. The van der Waals surface area contributed by atoms with E-state index in [0.29, 0.717) is 36.4 Å². The van der Waals surface area contributed by atoms with Gasteiger partial charge in [-0.1, -0.05) is 64.4 Å². The van der Waals surface area contributed by atoms with Gasteiger partial charge in [-0.15, -0.1) is 0 Å². The first-order valence-electron chi connectivity index (χ1n) is 12.4. The molecule has 0 aliphatic carbocycles. The van der Waals surface area contributed by atoms with Crippen LogP contribution in [0.3, 0.4) is 0 Å². The van der Waals surface area contributed by atoms with Gasteiger partial charge >= 0.3 is 0 Å². The van der Waals surface area contributed by atoms with Crippen LogP contribution < -0.4 is 20.5 Å². The molecule has 36 heavy (non-hydrogen) atoms. The molecule has 0 radical (unpaired) electrons. The van der Waals surface area contributed by atoms with E-state index in [0.717, 1.165) is 17.5 Å². The van der Waals surface area contributed by atoms with Crippen molar-refractivity contribution in [3.05, 3.63) is 53.6 Å². The number of ether oxygens (including phenoxy) is 1. The van der Waals surface area contributed by atoms with Gasteiger partial charge in [-0.3, -0.25) is 9.52 Å². The second-order valence-electron chi connectivity index (χ2n) is 9.88. The molecule has 1 amide bonds. The number of amides is 1. The number of rotatable bonds is 14. The first-order valence-corrected chi connectivity index (χ1v) is 14.1. The fraction of sp³-hybridized carbons (Fsp3) is 0.519. The molecule has 0 bridgehead atoms. The second kappa shape index (κ2) is 13.5. The maximum atomic E-state index is 13.1. The highest BCUT2D eigenvalue weighted by molar-refractivity contribution is 7.92. The van der Waals surface area contributed by atoms with Crippen LogP contribution in [0.1, 0.15) is 51.7 Å². The lowest BCUT2D eigenvalue weighted by Gasteiger charge is -2.25. The van der Waals surface area contributed by atoms with E-state index in [-0.39, 0.29) is 17.7 Å². The van der Waals surface area contributed by atoms with Gasteiger partial charge < -0.3 is 20.9 Å². The lowest BCUT2D eigenvalue weighted by Crippen LogP contribution is -2.48. The van der Waals surface area contributed by atoms with Crippen molar-refractivity contribution >= 4 is 27.3 Å². The summed E-state index contributed by atoms with van der Waals surface area (Å²) in [6.45, 7) is 8.04. The fourth-order valence-corrected chi connectivity index (χ4v) is 5.24. The monoisotopic (exact) mass is 519 g/mol. The molecule has 0 aromatic heterocycles. The van der Waals surface area contributed by atoms with Crippen molar-refractivity contribution < 1.29 is 23.1 Å². The molecule has 0 aliphatic rings. The number of carbonyl (C=O) groups excluding carboxylic acids is 1. The topological polar surface area (TPSA) is 131 Å². The summed E-state index contributed by atoms with van der Waals surface area (Å²) in [5.74, 6) is 0.131. The first kappa shape index (κ1) is 29.5. The molecule has 0 fully saturated rings. The summed E-state index contributed by atoms with van der Waals surface area (Å²) in [5.41, 5.74) is 8.33. The molecule has 2 aromatic rings. The summed E-state index contributed by atoms with van der Waals surface area (Å²) < 4.78 is 34.1. The van der Waals surface area contributed by atoms with Crippen LogP contribution >= 0.6 is 0 Å². The van der Waals surface area contributed by atoms with E-state index >= 15 is 0 Å². The molecule has 2 aromatic carbocycles. The van der Waals surface area contributed by atoms with Gasteiger partial charge in [-0.05, 0) is 47.9 Å². The van der Waals surface area contributed by atoms with Crippen molar-refractivity contribution in [3.8, 4) is 5.75 Å². The van der Waals surface area contributed by atoms with Gasteiger partial charge in [0.1, 0.15) is 5.75 Å². The number of sulfonamides is 1. The number of hydrogen-bond acceptors (Lipinski definition) is 6. The summed E-state index contributed by atoms with van der Waals surface area (Å²) in [5, 5.41) is 13.9. The number of aliphatic hydroxyl groups is 1. The Hall–Kier alpha value is -2.78. The number of nitrogens with two attached hydrogens (primary N) is 1. The van der Waals surface area contributed by atoms with Crippen molar-refractivity contribution in [3.63, 3.8) is 0 Å². The van der Waals surface area contributed by atoms with Gasteiger partial charge in [0, 0.05) is 6.42 Å². The Morgan fingerprint density at radius 1 is 1.11 bits per heavy atom. The van der Waals surface area contributed by atoms with Crippen molar-refractivity contribution in [2.45, 2.75) is 65.5 Å². The molecule has 3 atom stereocenters. The van der Waals surface area contributed by atoms with Gasteiger partial charge in [-0.25, -0.2) is 8.42 Å². The van der Waals surface area contributed by atoms with Crippen LogP contribution in [0.2, 0.25) is 0 Å². The molecular weight excluding hydrogens is 478 g/mol. The first-order chi connectivity index (χ1) is 16.9. The van der Waals surface area contributed by atoms with Crippen LogP contribution in [0.4, 0.5) is 11.4 Å². The SMILES string of the molecule is CCC(C)CC(=O)N[C@@H](Cc1ccccc1)[C@@H](O)CS(=O)(=O)Nc1cc(N)c(OC)cc1CC(C)C. The quantitative estimate of drug-likeness (QED) is 0.281. The number of methoxy groups -OCH3 is 1. The Morgan fingerprint density at radius 2 is 1.78 bits per heavy atom. The van der Waals surface area contributed by atoms with Crippen molar-refractivity contribution in [1.82, 2.24) is 5.32 Å². The van der Waals surface area contributed by atoms with Crippen LogP contribution in [-0.4, -0.2) is 44.4 Å². The number of anilines is 2. The van der Waals surface area contributed by atoms with Crippen LogP contribution in [0.15, 0.2) is 42.5 Å². The molecule has 0 saturated carbocycles. The maximum absolute atomic E-state index is 13.1. The highest BCUT2D eigenvalue weighted by atomic mass is 32.2. The van der Waals surface area contributed by atoms with Crippen LogP contribution in [0.5, 0.6) is 5.75 Å². The van der Waals surface area contributed by atoms with Crippen molar-refractivity contribution in [2.75, 3.05) is 23.3 Å².